The molecule has 0 unspecified atom stereocenters. The van der Waals surface area contributed by atoms with Crippen molar-refractivity contribution in [3.05, 3.63) is 58.8 Å². The lowest BCUT2D eigenvalue weighted by Gasteiger charge is -2.14. The van der Waals surface area contributed by atoms with Gasteiger partial charge in [0.25, 0.3) is 5.91 Å². The van der Waals surface area contributed by atoms with E-state index >= 15 is 0 Å². The molecule has 3 rings (SSSR count). The van der Waals surface area contributed by atoms with Crippen molar-refractivity contribution >= 4 is 22.6 Å². The van der Waals surface area contributed by atoms with Crippen LogP contribution in [0.25, 0.3) is 11.0 Å². The minimum atomic E-state index is -0.331. The summed E-state index contributed by atoms with van der Waals surface area (Å²) in [6, 6.07) is 11.7. The summed E-state index contributed by atoms with van der Waals surface area (Å²) in [5.41, 5.74) is 5.76. The van der Waals surface area contributed by atoms with Gasteiger partial charge in [-0.05, 0) is 75.1 Å². The van der Waals surface area contributed by atoms with Crippen LogP contribution in [0.5, 0.6) is 5.88 Å². The van der Waals surface area contributed by atoms with E-state index in [0.717, 1.165) is 28.8 Å². The van der Waals surface area contributed by atoms with Gasteiger partial charge >= 0.3 is 0 Å². The summed E-state index contributed by atoms with van der Waals surface area (Å²) in [4.78, 5) is 22.0. The molecular formula is C22H25N3O2. The van der Waals surface area contributed by atoms with Gasteiger partial charge < -0.3 is 10.1 Å². The third-order valence-electron chi connectivity index (χ3n) is 4.43. The first-order chi connectivity index (χ1) is 12.9. The molecule has 0 saturated heterocycles. The van der Waals surface area contributed by atoms with Crippen LogP contribution in [0, 0.1) is 13.8 Å². The van der Waals surface area contributed by atoms with Gasteiger partial charge in [0.15, 0.2) is 5.69 Å². The van der Waals surface area contributed by atoms with Crippen LogP contribution in [0.3, 0.4) is 0 Å². The van der Waals surface area contributed by atoms with Crippen molar-refractivity contribution in [2.75, 3.05) is 5.32 Å². The molecule has 0 atom stereocenters. The van der Waals surface area contributed by atoms with E-state index in [1.807, 2.05) is 64.1 Å². The number of rotatable bonds is 5. The quantitative estimate of drug-likeness (QED) is 0.704. The van der Waals surface area contributed by atoms with Crippen LogP contribution in [0.4, 0.5) is 5.69 Å². The van der Waals surface area contributed by atoms with Gasteiger partial charge in [0, 0.05) is 5.69 Å². The van der Waals surface area contributed by atoms with Crippen LogP contribution in [0.1, 0.15) is 48.0 Å². The highest BCUT2D eigenvalue weighted by molar-refractivity contribution is 6.05. The van der Waals surface area contributed by atoms with Crippen molar-refractivity contribution in [3.63, 3.8) is 0 Å². The maximum Gasteiger partial charge on any atom is 0.279 e. The largest absolute Gasteiger partial charge is 0.473 e. The van der Waals surface area contributed by atoms with Crippen molar-refractivity contribution in [2.24, 2.45) is 0 Å². The molecule has 3 aromatic rings. The van der Waals surface area contributed by atoms with E-state index in [4.69, 9.17) is 4.74 Å². The average molecular weight is 363 g/mol. The van der Waals surface area contributed by atoms with Crippen LogP contribution < -0.4 is 10.1 Å². The molecule has 0 spiro atoms. The second-order valence-corrected chi connectivity index (χ2v) is 6.97. The number of hydrogen-bond donors (Lipinski definition) is 1. The molecule has 2 aromatic carbocycles. The second kappa shape index (κ2) is 7.74. The van der Waals surface area contributed by atoms with E-state index in [-0.39, 0.29) is 23.6 Å². The smallest absolute Gasteiger partial charge is 0.279 e. The third-order valence-corrected chi connectivity index (χ3v) is 4.43. The van der Waals surface area contributed by atoms with Crippen molar-refractivity contribution in [3.8, 4) is 5.88 Å². The van der Waals surface area contributed by atoms with Gasteiger partial charge in [0.05, 0.1) is 17.1 Å². The minimum Gasteiger partial charge on any atom is -0.473 e. The average Bonchev–Trinajstić information content (AvgIpc) is 2.62. The maximum atomic E-state index is 12.9. The lowest BCUT2D eigenvalue weighted by atomic mass is 10.1. The Balaban J connectivity index is 2.00. The molecular weight excluding hydrogens is 338 g/mol. The number of carbonyl (C=O) groups excluding carboxylic acids is 1. The van der Waals surface area contributed by atoms with E-state index in [1.165, 1.54) is 5.56 Å². The number of fused-ring (bicyclic) bond motifs is 1. The number of nitrogens with one attached hydrogen (secondary N) is 1. The van der Waals surface area contributed by atoms with Crippen LogP contribution >= 0.6 is 0 Å². The second-order valence-electron chi connectivity index (χ2n) is 6.97. The fourth-order valence-corrected chi connectivity index (χ4v) is 2.76. The highest BCUT2D eigenvalue weighted by atomic mass is 16.5. The highest BCUT2D eigenvalue weighted by Gasteiger charge is 2.19. The van der Waals surface area contributed by atoms with E-state index in [0.29, 0.717) is 5.52 Å². The first-order valence-electron chi connectivity index (χ1n) is 9.23. The number of ether oxygens (including phenoxy) is 1. The Morgan fingerprint density at radius 2 is 1.63 bits per heavy atom. The fraction of sp³-hybridized carbons (Fsp3) is 0.318. The standard InChI is InChI=1S/C22H25N3O2/c1-6-16-7-9-17(10-8-16)23-21(26)20-22(27-13(2)3)25-19-12-15(5)14(4)11-18(19)24-20/h7-13H,6H2,1-5H3,(H,23,26). The van der Waals surface area contributed by atoms with Gasteiger partial charge in [0.1, 0.15) is 0 Å². The molecule has 0 radical (unpaired) electrons. The van der Waals surface area contributed by atoms with E-state index in [1.54, 1.807) is 0 Å². The molecule has 0 fully saturated rings. The number of benzene rings is 2. The molecule has 27 heavy (non-hydrogen) atoms. The van der Waals surface area contributed by atoms with Gasteiger partial charge in [-0.1, -0.05) is 19.1 Å². The van der Waals surface area contributed by atoms with Gasteiger partial charge in [-0.3, -0.25) is 4.79 Å². The number of aryl methyl sites for hydroxylation is 3. The lowest BCUT2D eigenvalue weighted by Crippen LogP contribution is -2.18. The molecule has 1 heterocycles. The fourth-order valence-electron chi connectivity index (χ4n) is 2.76. The van der Waals surface area contributed by atoms with Crippen LogP contribution in [-0.4, -0.2) is 22.0 Å². The molecule has 0 bridgehead atoms. The van der Waals surface area contributed by atoms with Gasteiger partial charge in [-0.25, -0.2) is 9.97 Å². The van der Waals surface area contributed by atoms with Crippen LogP contribution in [-0.2, 0) is 6.42 Å². The van der Waals surface area contributed by atoms with E-state index < -0.39 is 0 Å². The summed E-state index contributed by atoms with van der Waals surface area (Å²) in [7, 11) is 0. The minimum absolute atomic E-state index is 0.112. The summed E-state index contributed by atoms with van der Waals surface area (Å²) in [6.07, 6.45) is 0.842. The molecule has 0 aliphatic rings. The first kappa shape index (κ1) is 18.8. The van der Waals surface area contributed by atoms with Crippen molar-refractivity contribution in [2.45, 2.75) is 47.1 Å². The topological polar surface area (TPSA) is 64.1 Å². The van der Waals surface area contributed by atoms with E-state index in [9.17, 15) is 4.79 Å². The SMILES string of the molecule is CCc1ccc(NC(=O)c2nc3cc(C)c(C)cc3nc2OC(C)C)cc1. The van der Waals surface area contributed by atoms with Crippen molar-refractivity contribution in [1.82, 2.24) is 9.97 Å². The number of amides is 1. The Kier molecular flexibility index (Phi) is 5.40. The Morgan fingerprint density at radius 1 is 1.04 bits per heavy atom. The number of nitrogens with zero attached hydrogens (tertiary/aromatic N) is 2. The zero-order chi connectivity index (χ0) is 19.6. The van der Waals surface area contributed by atoms with E-state index in [2.05, 4.69) is 22.2 Å². The molecule has 0 saturated carbocycles. The molecule has 5 nitrogen and oxygen atoms in total. The molecule has 1 N–H and O–H groups in total. The summed E-state index contributed by atoms with van der Waals surface area (Å²) in [6.45, 7) is 9.94. The zero-order valence-corrected chi connectivity index (χ0v) is 16.5. The Hall–Kier alpha value is -2.95. The van der Waals surface area contributed by atoms with Crippen molar-refractivity contribution < 1.29 is 9.53 Å². The number of hydrogen-bond acceptors (Lipinski definition) is 4. The molecule has 0 aliphatic heterocycles. The summed E-state index contributed by atoms with van der Waals surface area (Å²) < 4.78 is 5.78. The van der Waals surface area contributed by atoms with Gasteiger partial charge in [0.2, 0.25) is 5.88 Å². The normalized spacial score (nSPS) is 11.0. The van der Waals surface area contributed by atoms with Crippen molar-refractivity contribution in [1.29, 1.82) is 0 Å². The number of carbonyl (C=O) groups is 1. The monoisotopic (exact) mass is 363 g/mol. The Morgan fingerprint density at radius 3 is 2.19 bits per heavy atom. The zero-order valence-electron chi connectivity index (χ0n) is 16.5. The molecule has 5 heteroatoms. The number of aromatic nitrogens is 2. The third kappa shape index (κ3) is 4.25. The predicted molar refractivity (Wildman–Crippen MR) is 109 cm³/mol. The lowest BCUT2D eigenvalue weighted by molar-refractivity contribution is 0.101. The predicted octanol–water partition coefficient (Wildman–Crippen LogP) is 4.85. The van der Waals surface area contributed by atoms with Crippen LogP contribution in [0.2, 0.25) is 0 Å². The first-order valence-corrected chi connectivity index (χ1v) is 9.23. The van der Waals surface area contributed by atoms with Gasteiger partial charge in [-0.2, -0.15) is 0 Å². The molecule has 0 aliphatic carbocycles. The maximum absolute atomic E-state index is 12.9. The van der Waals surface area contributed by atoms with Gasteiger partial charge in [-0.15, -0.1) is 0 Å². The Bertz CT molecular complexity index is 979. The molecule has 140 valence electrons. The highest BCUT2D eigenvalue weighted by Crippen LogP contribution is 2.24. The molecule has 1 aromatic heterocycles. The summed E-state index contributed by atoms with van der Waals surface area (Å²) in [5, 5.41) is 2.89. The van der Waals surface area contributed by atoms with Crippen LogP contribution in [0.15, 0.2) is 36.4 Å². The summed E-state index contributed by atoms with van der Waals surface area (Å²) >= 11 is 0. The summed E-state index contributed by atoms with van der Waals surface area (Å²) in [5.74, 6) is -0.0778. The molecule has 1 amide bonds. The number of anilines is 1. The Labute approximate surface area is 159 Å².